The van der Waals surface area contributed by atoms with Gasteiger partial charge in [0, 0.05) is 24.4 Å². The molecule has 2 fully saturated rings. The largest absolute Gasteiger partial charge is 0.338 e. The maximum Gasteiger partial charge on any atom is 0.243 e. The Morgan fingerprint density at radius 2 is 2.29 bits per heavy atom. The molecule has 1 saturated carbocycles. The fraction of sp³-hybridized carbons (Fsp3) is 0.667. The first kappa shape index (κ1) is 13.0. The molecule has 0 unspecified atom stereocenters. The Balaban J connectivity index is 1.47. The third-order valence-electron chi connectivity index (χ3n) is 4.63. The summed E-state index contributed by atoms with van der Waals surface area (Å²) in [7, 11) is 0. The van der Waals surface area contributed by atoms with Gasteiger partial charge in [-0.3, -0.25) is 9.58 Å². The van der Waals surface area contributed by atoms with Crippen LogP contribution in [0.5, 0.6) is 0 Å². The van der Waals surface area contributed by atoms with Crippen LogP contribution in [0.4, 0.5) is 0 Å². The van der Waals surface area contributed by atoms with Crippen molar-refractivity contribution in [2.45, 2.75) is 57.2 Å². The average molecular weight is 287 g/mol. The molecule has 0 aromatic carbocycles. The zero-order valence-electron chi connectivity index (χ0n) is 12.4. The van der Waals surface area contributed by atoms with Crippen molar-refractivity contribution >= 4 is 0 Å². The zero-order valence-corrected chi connectivity index (χ0v) is 12.4. The summed E-state index contributed by atoms with van der Waals surface area (Å²) in [6.45, 7) is 4.20. The molecular formula is C15H21N5O. The summed E-state index contributed by atoms with van der Waals surface area (Å²) in [6, 6.07) is 2.66. The lowest BCUT2D eigenvalue weighted by molar-refractivity contribution is 0.144. The van der Waals surface area contributed by atoms with Crippen LogP contribution < -0.4 is 0 Å². The Labute approximate surface area is 124 Å². The Morgan fingerprint density at radius 3 is 3.05 bits per heavy atom. The Bertz CT molecular complexity index is 589. The van der Waals surface area contributed by atoms with Gasteiger partial charge in [0.1, 0.15) is 0 Å². The molecule has 0 bridgehead atoms. The first-order chi connectivity index (χ1) is 10.3. The number of hydrogen-bond donors (Lipinski definition) is 0. The maximum absolute atomic E-state index is 5.50. The van der Waals surface area contributed by atoms with Crippen molar-refractivity contribution in [1.29, 1.82) is 0 Å². The Kier molecular flexibility index (Phi) is 3.25. The van der Waals surface area contributed by atoms with Crippen LogP contribution in [0, 0.1) is 0 Å². The van der Waals surface area contributed by atoms with E-state index in [1.165, 1.54) is 25.7 Å². The highest BCUT2D eigenvalue weighted by Gasteiger charge is 2.34. The number of nitrogens with zero attached hydrogens (tertiary/aromatic N) is 5. The minimum absolute atomic E-state index is 0.188. The molecule has 2 atom stereocenters. The van der Waals surface area contributed by atoms with Gasteiger partial charge in [-0.25, -0.2) is 0 Å². The van der Waals surface area contributed by atoms with Gasteiger partial charge in [0.2, 0.25) is 5.89 Å². The third-order valence-corrected chi connectivity index (χ3v) is 4.63. The van der Waals surface area contributed by atoms with Crippen molar-refractivity contribution in [1.82, 2.24) is 24.8 Å². The van der Waals surface area contributed by atoms with E-state index < -0.39 is 0 Å². The predicted octanol–water partition coefficient (Wildman–Crippen LogP) is 2.37. The highest BCUT2D eigenvalue weighted by Crippen LogP contribution is 2.39. The maximum atomic E-state index is 5.50. The van der Waals surface area contributed by atoms with Gasteiger partial charge in [-0.2, -0.15) is 10.1 Å². The van der Waals surface area contributed by atoms with E-state index in [1.807, 2.05) is 23.1 Å². The van der Waals surface area contributed by atoms with E-state index in [9.17, 15) is 0 Å². The molecule has 1 aliphatic heterocycles. The van der Waals surface area contributed by atoms with Gasteiger partial charge >= 0.3 is 0 Å². The van der Waals surface area contributed by atoms with E-state index >= 15 is 0 Å². The van der Waals surface area contributed by atoms with Crippen LogP contribution in [0.2, 0.25) is 0 Å². The molecular weight excluding hydrogens is 266 g/mol. The van der Waals surface area contributed by atoms with Gasteiger partial charge in [0.25, 0.3) is 0 Å². The molecule has 2 aromatic rings. The van der Waals surface area contributed by atoms with Crippen molar-refractivity contribution in [2.75, 3.05) is 6.54 Å². The zero-order chi connectivity index (χ0) is 14.2. The summed E-state index contributed by atoms with van der Waals surface area (Å²) >= 11 is 0. The first-order valence-corrected chi connectivity index (χ1v) is 7.88. The van der Waals surface area contributed by atoms with Crippen LogP contribution in [-0.4, -0.2) is 37.4 Å². The summed E-state index contributed by atoms with van der Waals surface area (Å²) in [5, 5.41) is 8.46. The van der Waals surface area contributed by atoms with Crippen LogP contribution in [0.25, 0.3) is 0 Å². The number of hydrogen-bond acceptors (Lipinski definition) is 5. The van der Waals surface area contributed by atoms with Gasteiger partial charge in [0.05, 0.1) is 12.6 Å². The number of likely N-dealkylation sites (tertiary alicyclic amines) is 1. The summed E-state index contributed by atoms with van der Waals surface area (Å²) in [4.78, 5) is 7.08. The molecule has 0 spiro atoms. The lowest BCUT2D eigenvalue weighted by Crippen LogP contribution is -2.35. The van der Waals surface area contributed by atoms with E-state index in [1.54, 1.807) is 0 Å². The smallest absolute Gasteiger partial charge is 0.243 e. The van der Waals surface area contributed by atoms with Crippen LogP contribution in [-0.2, 0) is 6.54 Å². The van der Waals surface area contributed by atoms with Crippen LogP contribution >= 0.6 is 0 Å². The minimum atomic E-state index is 0.188. The summed E-state index contributed by atoms with van der Waals surface area (Å²) in [5.74, 6) is 2.22. The van der Waals surface area contributed by atoms with Gasteiger partial charge in [0.15, 0.2) is 5.82 Å². The molecule has 21 heavy (non-hydrogen) atoms. The molecule has 112 valence electrons. The molecule has 0 N–H and O–H groups in total. The molecule has 4 rings (SSSR count). The lowest BCUT2D eigenvalue weighted by atomic mass is 10.2. The topological polar surface area (TPSA) is 60.0 Å². The Morgan fingerprint density at radius 1 is 1.38 bits per heavy atom. The van der Waals surface area contributed by atoms with Crippen molar-refractivity contribution in [3.63, 3.8) is 0 Å². The van der Waals surface area contributed by atoms with Crippen LogP contribution in [0.3, 0.4) is 0 Å². The SMILES string of the molecule is C[C@@H](c1nc(C2CC2)no1)N1CCC[C@H]1Cn1cccn1. The second-order valence-corrected chi connectivity index (χ2v) is 6.20. The molecule has 3 heterocycles. The van der Waals surface area contributed by atoms with Gasteiger partial charge in [-0.15, -0.1) is 0 Å². The van der Waals surface area contributed by atoms with Crippen molar-refractivity contribution in [3.8, 4) is 0 Å². The van der Waals surface area contributed by atoms with E-state index in [4.69, 9.17) is 4.52 Å². The second-order valence-electron chi connectivity index (χ2n) is 6.20. The third kappa shape index (κ3) is 2.60. The highest BCUT2D eigenvalue weighted by atomic mass is 16.5. The number of aromatic nitrogens is 4. The molecule has 0 radical (unpaired) electrons. The van der Waals surface area contributed by atoms with Crippen molar-refractivity contribution in [3.05, 3.63) is 30.2 Å². The Hall–Kier alpha value is -1.69. The van der Waals surface area contributed by atoms with Gasteiger partial charge in [-0.05, 0) is 45.2 Å². The second kappa shape index (κ2) is 5.26. The van der Waals surface area contributed by atoms with Crippen LogP contribution in [0.15, 0.2) is 23.0 Å². The quantitative estimate of drug-likeness (QED) is 0.845. The monoisotopic (exact) mass is 287 g/mol. The average Bonchev–Trinajstić information content (AvgIpc) is 2.96. The van der Waals surface area contributed by atoms with Crippen molar-refractivity contribution < 1.29 is 4.52 Å². The van der Waals surface area contributed by atoms with E-state index in [-0.39, 0.29) is 6.04 Å². The van der Waals surface area contributed by atoms with Gasteiger partial charge < -0.3 is 4.52 Å². The lowest BCUT2D eigenvalue weighted by Gasteiger charge is -2.28. The molecule has 6 nitrogen and oxygen atoms in total. The fourth-order valence-electron chi connectivity index (χ4n) is 3.25. The fourth-order valence-corrected chi connectivity index (χ4v) is 3.25. The molecule has 2 aromatic heterocycles. The van der Waals surface area contributed by atoms with Crippen molar-refractivity contribution in [2.24, 2.45) is 0 Å². The molecule has 0 amide bonds. The summed E-state index contributed by atoms with van der Waals surface area (Å²) < 4.78 is 7.51. The number of rotatable bonds is 5. The molecule has 6 heteroatoms. The standard InChI is InChI=1S/C15H21N5O/c1-11(15-17-14(18-21-15)12-5-6-12)20-9-2-4-13(20)10-19-8-3-7-16-19/h3,7-8,11-13H,2,4-6,9-10H2,1H3/t11-,13-/m0/s1. The van der Waals surface area contributed by atoms with Crippen LogP contribution in [0.1, 0.15) is 56.3 Å². The molecule has 2 aliphatic rings. The summed E-state index contributed by atoms with van der Waals surface area (Å²) in [6.07, 6.45) is 8.70. The van der Waals surface area contributed by atoms with E-state index in [0.717, 1.165) is 24.8 Å². The minimum Gasteiger partial charge on any atom is -0.338 e. The predicted molar refractivity (Wildman–Crippen MR) is 76.6 cm³/mol. The molecule has 1 saturated heterocycles. The summed E-state index contributed by atoms with van der Waals surface area (Å²) in [5.41, 5.74) is 0. The first-order valence-electron chi connectivity index (χ1n) is 7.88. The normalized spacial score (nSPS) is 24.5. The highest BCUT2D eigenvalue weighted by molar-refractivity contribution is 5.05. The van der Waals surface area contributed by atoms with E-state index in [0.29, 0.717) is 12.0 Å². The van der Waals surface area contributed by atoms with E-state index in [2.05, 4.69) is 27.1 Å². The van der Waals surface area contributed by atoms with Gasteiger partial charge in [-0.1, -0.05) is 5.16 Å². The molecule has 1 aliphatic carbocycles.